The number of aryl methyl sites for hydroxylation is 1. The number of rotatable bonds is 6. The van der Waals surface area contributed by atoms with Gasteiger partial charge in [-0.2, -0.15) is 0 Å². The standard InChI is InChI=1S/C18H21N5O3S/c1-12(11-23-9-8-20-13(23)2)10-22-18(24)17-15-4-3-5-16(27(19,25)26)14(15)6-7-21-17/h3-9,12H,10-11H2,1-2H3,(H,22,24)(H2,19,25,26). The Morgan fingerprint density at radius 2 is 2.00 bits per heavy atom. The second-order valence-corrected chi connectivity index (χ2v) is 8.03. The molecule has 9 heteroatoms. The molecular weight excluding hydrogens is 366 g/mol. The highest BCUT2D eigenvalue weighted by atomic mass is 32.2. The number of hydrogen-bond donors (Lipinski definition) is 2. The lowest BCUT2D eigenvalue weighted by Gasteiger charge is -2.15. The largest absolute Gasteiger partial charge is 0.350 e. The smallest absolute Gasteiger partial charge is 0.270 e. The summed E-state index contributed by atoms with van der Waals surface area (Å²) in [5, 5.41) is 8.95. The zero-order chi connectivity index (χ0) is 19.6. The van der Waals surface area contributed by atoms with Crippen LogP contribution in [0.4, 0.5) is 0 Å². The van der Waals surface area contributed by atoms with Crippen LogP contribution in [-0.4, -0.2) is 35.4 Å². The van der Waals surface area contributed by atoms with Crippen LogP contribution < -0.4 is 10.5 Å². The molecule has 0 aliphatic heterocycles. The molecule has 0 saturated carbocycles. The third-order valence-electron chi connectivity index (χ3n) is 4.33. The molecule has 8 nitrogen and oxygen atoms in total. The zero-order valence-corrected chi connectivity index (χ0v) is 15.9. The fourth-order valence-electron chi connectivity index (χ4n) is 2.96. The molecule has 3 aromatic rings. The number of nitrogens with zero attached hydrogens (tertiary/aromatic N) is 3. The Morgan fingerprint density at radius 1 is 1.22 bits per heavy atom. The normalized spacial score (nSPS) is 12.9. The number of carbonyl (C=O) groups excluding carboxylic acids is 1. The van der Waals surface area contributed by atoms with E-state index >= 15 is 0 Å². The lowest BCUT2D eigenvalue weighted by Crippen LogP contribution is -2.30. The van der Waals surface area contributed by atoms with Gasteiger partial charge in [0, 0.05) is 42.5 Å². The van der Waals surface area contributed by atoms with Gasteiger partial charge in [-0.05, 0) is 25.0 Å². The number of amides is 1. The molecule has 0 bridgehead atoms. The molecule has 1 aromatic carbocycles. The molecule has 2 aromatic heterocycles. The van der Waals surface area contributed by atoms with Crippen molar-refractivity contribution in [1.29, 1.82) is 0 Å². The topological polar surface area (TPSA) is 120 Å². The van der Waals surface area contributed by atoms with Crippen molar-refractivity contribution < 1.29 is 13.2 Å². The summed E-state index contributed by atoms with van der Waals surface area (Å²) >= 11 is 0. The van der Waals surface area contributed by atoms with Crippen LogP contribution in [0.2, 0.25) is 0 Å². The van der Waals surface area contributed by atoms with Crippen molar-refractivity contribution in [2.75, 3.05) is 6.54 Å². The molecule has 0 aliphatic rings. The van der Waals surface area contributed by atoms with E-state index in [-0.39, 0.29) is 22.4 Å². The number of benzene rings is 1. The number of nitrogens with one attached hydrogen (secondary N) is 1. The van der Waals surface area contributed by atoms with Crippen LogP contribution in [-0.2, 0) is 16.6 Å². The first-order valence-corrected chi connectivity index (χ1v) is 9.98. The summed E-state index contributed by atoms with van der Waals surface area (Å²) in [5.74, 6) is 0.734. The number of pyridine rings is 1. The van der Waals surface area contributed by atoms with Crippen molar-refractivity contribution in [1.82, 2.24) is 19.9 Å². The summed E-state index contributed by atoms with van der Waals surface area (Å²) in [7, 11) is -3.90. The van der Waals surface area contributed by atoms with E-state index in [2.05, 4.69) is 15.3 Å². The molecular formula is C18H21N5O3S. The SMILES string of the molecule is Cc1nccn1CC(C)CNC(=O)c1nccc2c(S(N)(=O)=O)cccc12. The maximum Gasteiger partial charge on any atom is 0.270 e. The molecule has 0 aliphatic carbocycles. The quantitative estimate of drug-likeness (QED) is 0.663. The van der Waals surface area contributed by atoms with Crippen LogP contribution in [0, 0.1) is 12.8 Å². The summed E-state index contributed by atoms with van der Waals surface area (Å²) in [4.78, 5) is 20.9. The van der Waals surface area contributed by atoms with Crippen molar-refractivity contribution in [3.8, 4) is 0 Å². The van der Waals surface area contributed by atoms with Gasteiger partial charge in [-0.15, -0.1) is 0 Å². The van der Waals surface area contributed by atoms with E-state index in [0.29, 0.717) is 17.3 Å². The third kappa shape index (κ3) is 4.15. The van der Waals surface area contributed by atoms with Crippen molar-refractivity contribution in [3.05, 3.63) is 54.4 Å². The van der Waals surface area contributed by atoms with Crippen molar-refractivity contribution in [2.24, 2.45) is 11.1 Å². The van der Waals surface area contributed by atoms with E-state index in [4.69, 9.17) is 5.14 Å². The average molecular weight is 387 g/mol. The van der Waals surface area contributed by atoms with Gasteiger partial charge < -0.3 is 9.88 Å². The number of hydrogen-bond acceptors (Lipinski definition) is 5. The number of primary sulfonamides is 1. The van der Waals surface area contributed by atoms with E-state index in [9.17, 15) is 13.2 Å². The predicted octanol–water partition coefficient (Wildman–Crippen LogP) is 1.45. The van der Waals surface area contributed by atoms with Crippen LogP contribution >= 0.6 is 0 Å². The van der Waals surface area contributed by atoms with Gasteiger partial charge in [0.15, 0.2) is 0 Å². The van der Waals surface area contributed by atoms with Crippen LogP contribution in [0.3, 0.4) is 0 Å². The number of aromatic nitrogens is 3. The molecule has 1 amide bonds. The second-order valence-electron chi connectivity index (χ2n) is 6.50. The fraction of sp³-hybridized carbons (Fsp3) is 0.278. The Hall–Kier alpha value is -2.78. The number of carbonyl (C=O) groups is 1. The first-order chi connectivity index (χ1) is 12.8. The summed E-state index contributed by atoms with van der Waals surface area (Å²) in [5.41, 5.74) is 0.170. The van der Waals surface area contributed by atoms with E-state index in [0.717, 1.165) is 12.4 Å². The zero-order valence-electron chi connectivity index (χ0n) is 15.1. The van der Waals surface area contributed by atoms with Crippen LogP contribution in [0.1, 0.15) is 23.2 Å². The van der Waals surface area contributed by atoms with E-state index < -0.39 is 10.0 Å². The van der Waals surface area contributed by atoms with Gasteiger partial charge in [-0.1, -0.05) is 19.1 Å². The molecule has 3 N–H and O–H groups in total. The maximum absolute atomic E-state index is 12.6. The molecule has 1 unspecified atom stereocenters. The third-order valence-corrected chi connectivity index (χ3v) is 5.30. The Labute approximate surface area is 157 Å². The molecule has 3 rings (SSSR count). The highest BCUT2D eigenvalue weighted by Crippen LogP contribution is 2.23. The minimum atomic E-state index is -3.90. The molecule has 0 saturated heterocycles. The van der Waals surface area contributed by atoms with Gasteiger partial charge in [-0.3, -0.25) is 9.78 Å². The first-order valence-electron chi connectivity index (χ1n) is 8.44. The minimum absolute atomic E-state index is 0.0274. The lowest BCUT2D eigenvalue weighted by molar-refractivity contribution is 0.0943. The van der Waals surface area contributed by atoms with Gasteiger partial charge in [-0.25, -0.2) is 18.5 Å². The summed E-state index contributed by atoms with van der Waals surface area (Å²) in [6.45, 7) is 5.12. The summed E-state index contributed by atoms with van der Waals surface area (Å²) in [6, 6.07) is 6.15. The average Bonchev–Trinajstić information content (AvgIpc) is 3.02. The summed E-state index contributed by atoms with van der Waals surface area (Å²) in [6.07, 6.45) is 5.04. The number of sulfonamides is 1. The molecule has 1 atom stereocenters. The molecule has 2 heterocycles. The van der Waals surface area contributed by atoms with Gasteiger partial charge >= 0.3 is 0 Å². The Balaban J connectivity index is 1.79. The molecule has 0 fully saturated rings. The highest BCUT2D eigenvalue weighted by molar-refractivity contribution is 7.89. The van der Waals surface area contributed by atoms with Crippen LogP contribution in [0.5, 0.6) is 0 Å². The molecule has 0 radical (unpaired) electrons. The molecule has 0 spiro atoms. The molecule has 27 heavy (non-hydrogen) atoms. The van der Waals surface area contributed by atoms with Crippen molar-refractivity contribution in [2.45, 2.75) is 25.3 Å². The number of fused-ring (bicyclic) bond motifs is 1. The van der Waals surface area contributed by atoms with E-state index in [1.165, 1.54) is 18.3 Å². The second kappa shape index (κ2) is 7.45. The molecule has 142 valence electrons. The Morgan fingerprint density at radius 3 is 2.67 bits per heavy atom. The lowest BCUT2D eigenvalue weighted by atomic mass is 10.1. The fourth-order valence-corrected chi connectivity index (χ4v) is 3.71. The Bertz CT molecular complexity index is 1090. The van der Waals surface area contributed by atoms with Gasteiger partial charge in [0.25, 0.3) is 5.91 Å². The highest BCUT2D eigenvalue weighted by Gasteiger charge is 2.18. The monoisotopic (exact) mass is 387 g/mol. The van der Waals surface area contributed by atoms with Crippen LogP contribution in [0.25, 0.3) is 10.8 Å². The minimum Gasteiger partial charge on any atom is -0.350 e. The van der Waals surface area contributed by atoms with E-state index in [1.54, 1.807) is 18.3 Å². The number of imidazole rings is 1. The van der Waals surface area contributed by atoms with E-state index in [1.807, 2.05) is 24.6 Å². The van der Waals surface area contributed by atoms with Gasteiger partial charge in [0.2, 0.25) is 10.0 Å². The first kappa shape index (κ1) is 19.0. The Kier molecular flexibility index (Phi) is 5.24. The summed E-state index contributed by atoms with van der Waals surface area (Å²) < 4.78 is 25.6. The maximum atomic E-state index is 12.6. The van der Waals surface area contributed by atoms with Crippen molar-refractivity contribution >= 4 is 26.7 Å². The van der Waals surface area contributed by atoms with Crippen LogP contribution in [0.15, 0.2) is 47.8 Å². The predicted molar refractivity (Wildman–Crippen MR) is 102 cm³/mol. The van der Waals surface area contributed by atoms with Gasteiger partial charge in [0.1, 0.15) is 11.5 Å². The number of nitrogens with two attached hydrogens (primary N) is 1. The van der Waals surface area contributed by atoms with Gasteiger partial charge in [0.05, 0.1) is 4.90 Å². The van der Waals surface area contributed by atoms with Crippen molar-refractivity contribution in [3.63, 3.8) is 0 Å².